The topological polar surface area (TPSA) is 80.7 Å². The predicted molar refractivity (Wildman–Crippen MR) is 93.0 cm³/mol. The smallest absolute Gasteiger partial charge is 0.330 e. The first-order chi connectivity index (χ1) is 11.0. The molecule has 0 aromatic heterocycles. The van der Waals surface area contributed by atoms with Crippen molar-refractivity contribution in [2.45, 2.75) is 77.0 Å². The summed E-state index contributed by atoms with van der Waals surface area (Å²) in [6.07, 6.45) is 14.1. The number of hydrogen-bond donors (Lipinski definition) is 1. The first kappa shape index (κ1) is 22.1. The Morgan fingerprint density at radius 3 is 1.61 bits per heavy atom. The molecule has 1 N–H and O–H groups in total. The molecule has 0 aliphatic rings. The minimum Gasteiger partial charge on any atom is -0.463 e. The van der Waals surface area contributed by atoms with Gasteiger partial charge in [-0.05, 0) is 12.8 Å². The Labute approximate surface area is 141 Å². The van der Waals surface area contributed by atoms with E-state index in [1.54, 1.807) is 0 Å². The van der Waals surface area contributed by atoms with Crippen LogP contribution >= 0.6 is 0 Å². The van der Waals surface area contributed by atoms with Crippen LogP contribution in [-0.2, 0) is 19.6 Å². The van der Waals surface area contributed by atoms with E-state index in [2.05, 4.69) is 6.58 Å². The number of rotatable bonds is 16. The summed E-state index contributed by atoms with van der Waals surface area (Å²) in [7, 11) is -3.78. The first-order valence-electron chi connectivity index (χ1n) is 8.70. The summed E-state index contributed by atoms with van der Waals surface area (Å²) in [6.45, 7) is 3.83. The number of ether oxygens (including phenoxy) is 1. The van der Waals surface area contributed by atoms with Gasteiger partial charge >= 0.3 is 5.97 Å². The number of hydrogen-bond acceptors (Lipinski definition) is 4. The molecule has 23 heavy (non-hydrogen) atoms. The molecule has 0 aromatic carbocycles. The van der Waals surface area contributed by atoms with Crippen molar-refractivity contribution >= 4 is 16.1 Å². The molecule has 0 bridgehead atoms. The molecule has 0 heterocycles. The van der Waals surface area contributed by atoms with Crippen LogP contribution in [0.1, 0.15) is 77.0 Å². The summed E-state index contributed by atoms with van der Waals surface area (Å²) in [6, 6.07) is 0. The van der Waals surface area contributed by atoms with Gasteiger partial charge in [-0.2, -0.15) is 8.42 Å². The van der Waals surface area contributed by atoms with E-state index in [4.69, 9.17) is 9.29 Å². The zero-order valence-electron chi connectivity index (χ0n) is 14.2. The largest absolute Gasteiger partial charge is 0.463 e. The molecule has 0 aromatic rings. The van der Waals surface area contributed by atoms with Crippen LogP contribution in [0.15, 0.2) is 12.7 Å². The molecule has 0 radical (unpaired) electrons. The fourth-order valence-corrected chi connectivity index (χ4v) is 2.95. The third kappa shape index (κ3) is 19.1. The van der Waals surface area contributed by atoms with E-state index in [0.717, 1.165) is 32.1 Å². The highest BCUT2D eigenvalue weighted by Gasteiger charge is 2.02. The van der Waals surface area contributed by atoms with Gasteiger partial charge in [0.15, 0.2) is 0 Å². The summed E-state index contributed by atoms with van der Waals surface area (Å²) < 4.78 is 34.5. The molecule has 0 rings (SSSR count). The fraction of sp³-hybridized carbons (Fsp3) is 0.824. The lowest BCUT2D eigenvalue weighted by atomic mass is 10.1. The molecule has 0 aliphatic heterocycles. The predicted octanol–water partition coefficient (Wildman–Crippen LogP) is 4.28. The van der Waals surface area contributed by atoms with Crippen LogP contribution in [0.2, 0.25) is 0 Å². The Morgan fingerprint density at radius 1 is 0.826 bits per heavy atom. The van der Waals surface area contributed by atoms with Gasteiger partial charge in [-0.15, -0.1) is 0 Å². The van der Waals surface area contributed by atoms with Crippen molar-refractivity contribution in [3.8, 4) is 0 Å². The first-order valence-corrected chi connectivity index (χ1v) is 10.3. The van der Waals surface area contributed by atoms with Gasteiger partial charge in [0.2, 0.25) is 0 Å². The second-order valence-electron chi connectivity index (χ2n) is 5.90. The van der Waals surface area contributed by atoms with E-state index in [1.807, 2.05) is 0 Å². The highest BCUT2D eigenvalue weighted by molar-refractivity contribution is 7.85. The maximum Gasteiger partial charge on any atom is 0.330 e. The van der Waals surface area contributed by atoms with Gasteiger partial charge in [0.05, 0.1) is 12.4 Å². The third-order valence-corrected chi connectivity index (χ3v) is 4.51. The van der Waals surface area contributed by atoms with Crippen LogP contribution in [0.3, 0.4) is 0 Å². The van der Waals surface area contributed by atoms with Crippen molar-refractivity contribution in [1.29, 1.82) is 0 Å². The van der Waals surface area contributed by atoms with Gasteiger partial charge in [-0.1, -0.05) is 70.8 Å². The van der Waals surface area contributed by atoms with Crippen molar-refractivity contribution in [3.63, 3.8) is 0 Å². The van der Waals surface area contributed by atoms with E-state index < -0.39 is 10.1 Å². The average Bonchev–Trinajstić information content (AvgIpc) is 2.49. The SMILES string of the molecule is C=CC(=O)OCCCCCCCCCCCCCCS(=O)(=O)O. The minimum absolute atomic E-state index is 0.111. The Morgan fingerprint density at radius 2 is 1.22 bits per heavy atom. The Bertz CT molecular complexity index is 403. The van der Waals surface area contributed by atoms with Crippen molar-refractivity contribution in [2.75, 3.05) is 12.4 Å². The van der Waals surface area contributed by atoms with Crippen molar-refractivity contribution in [1.82, 2.24) is 0 Å². The van der Waals surface area contributed by atoms with Crippen LogP contribution in [-0.4, -0.2) is 31.3 Å². The van der Waals surface area contributed by atoms with Gasteiger partial charge < -0.3 is 4.74 Å². The summed E-state index contributed by atoms with van der Waals surface area (Å²) in [5, 5.41) is 0. The third-order valence-electron chi connectivity index (χ3n) is 3.71. The lowest BCUT2D eigenvalue weighted by Crippen LogP contribution is -2.03. The Kier molecular flexibility index (Phi) is 14.1. The molecule has 0 aliphatic carbocycles. The molecular weight excluding hydrogens is 316 g/mol. The second kappa shape index (κ2) is 14.7. The van der Waals surface area contributed by atoms with Gasteiger partial charge in [-0.25, -0.2) is 4.79 Å². The monoisotopic (exact) mass is 348 g/mol. The lowest BCUT2D eigenvalue weighted by Gasteiger charge is -2.03. The molecule has 0 saturated heterocycles. The van der Waals surface area contributed by atoms with Gasteiger partial charge in [0.25, 0.3) is 10.1 Å². The normalized spacial score (nSPS) is 11.3. The van der Waals surface area contributed by atoms with E-state index in [9.17, 15) is 13.2 Å². The van der Waals surface area contributed by atoms with E-state index in [-0.39, 0.29) is 11.7 Å². The van der Waals surface area contributed by atoms with Crippen LogP contribution in [0, 0.1) is 0 Å². The number of esters is 1. The minimum atomic E-state index is -3.78. The van der Waals surface area contributed by atoms with Crippen LogP contribution < -0.4 is 0 Å². The number of unbranched alkanes of at least 4 members (excludes halogenated alkanes) is 11. The van der Waals surface area contributed by atoms with Crippen molar-refractivity contribution in [3.05, 3.63) is 12.7 Å². The van der Waals surface area contributed by atoms with Crippen LogP contribution in [0.5, 0.6) is 0 Å². The molecule has 0 fully saturated rings. The van der Waals surface area contributed by atoms with Gasteiger partial charge in [-0.3, -0.25) is 4.55 Å². The molecule has 0 atom stereocenters. The lowest BCUT2D eigenvalue weighted by molar-refractivity contribution is -0.137. The summed E-state index contributed by atoms with van der Waals surface area (Å²) in [5.41, 5.74) is 0. The van der Waals surface area contributed by atoms with Crippen LogP contribution in [0.25, 0.3) is 0 Å². The maximum atomic E-state index is 10.8. The second-order valence-corrected chi connectivity index (χ2v) is 7.47. The highest BCUT2D eigenvalue weighted by Crippen LogP contribution is 2.12. The molecular formula is C17H32O5S. The Hall–Kier alpha value is -0.880. The van der Waals surface area contributed by atoms with Crippen molar-refractivity contribution in [2.24, 2.45) is 0 Å². The van der Waals surface area contributed by atoms with Crippen molar-refractivity contribution < 1.29 is 22.5 Å². The molecule has 0 unspecified atom stereocenters. The quantitative estimate of drug-likeness (QED) is 0.195. The molecule has 136 valence electrons. The van der Waals surface area contributed by atoms with Gasteiger partial charge in [0.1, 0.15) is 0 Å². The summed E-state index contributed by atoms with van der Waals surface area (Å²) in [5.74, 6) is -0.456. The highest BCUT2D eigenvalue weighted by atomic mass is 32.2. The van der Waals surface area contributed by atoms with Gasteiger partial charge in [0, 0.05) is 6.08 Å². The number of carbonyl (C=O) groups excluding carboxylic acids is 1. The van der Waals surface area contributed by atoms with Crippen LogP contribution in [0.4, 0.5) is 0 Å². The average molecular weight is 349 g/mol. The Balaban J connectivity index is 3.11. The molecule has 0 spiro atoms. The fourth-order valence-electron chi connectivity index (χ4n) is 2.39. The molecule has 0 saturated carbocycles. The number of carbonyl (C=O) groups is 1. The summed E-state index contributed by atoms with van der Waals surface area (Å²) in [4.78, 5) is 10.8. The summed E-state index contributed by atoms with van der Waals surface area (Å²) >= 11 is 0. The van der Waals surface area contributed by atoms with E-state index >= 15 is 0 Å². The maximum absolute atomic E-state index is 10.8. The molecule has 5 nitrogen and oxygen atoms in total. The standard InChI is InChI=1S/C17H32O5S/c1-2-17(18)22-15-13-11-9-7-5-3-4-6-8-10-12-14-16-23(19,20)21/h2H,1,3-16H2,(H,19,20,21). The zero-order valence-corrected chi connectivity index (χ0v) is 15.0. The van der Waals surface area contributed by atoms with E-state index in [1.165, 1.54) is 44.6 Å². The zero-order chi connectivity index (χ0) is 17.4. The molecule has 6 heteroatoms. The van der Waals surface area contributed by atoms with E-state index in [0.29, 0.717) is 13.0 Å². The molecule has 0 amide bonds.